The van der Waals surface area contributed by atoms with E-state index < -0.39 is 5.97 Å². The molecule has 7 nitrogen and oxygen atoms in total. The molecule has 0 unspecified atom stereocenters. The average molecular weight is 348 g/mol. The lowest BCUT2D eigenvalue weighted by atomic mass is 10.1. The van der Waals surface area contributed by atoms with Gasteiger partial charge in [0.15, 0.2) is 0 Å². The molecule has 0 spiro atoms. The summed E-state index contributed by atoms with van der Waals surface area (Å²) >= 11 is 0. The molecule has 0 atom stereocenters. The first-order valence-electron chi connectivity index (χ1n) is 8.44. The summed E-state index contributed by atoms with van der Waals surface area (Å²) in [7, 11) is 1.52. The van der Waals surface area contributed by atoms with Crippen LogP contribution in [0.3, 0.4) is 0 Å². The standard InChI is InChI=1S/C18H24N2O5/c1-24-11-12-25-17(22)8-7-16(21)19-15-6-4-5-14(13-15)18(23)20-9-2-3-10-20/h4-6,13H,2-3,7-12H2,1H3,(H,19,21). The molecule has 0 radical (unpaired) electrons. The number of esters is 1. The molecule has 0 bridgehead atoms. The van der Waals surface area contributed by atoms with Crippen LogP contribution in [0.2, 0.25) is 0 Å². The van der Waals surface area contributed by atoms with Crippen LogP contribution in [0.25, 0.3) is 0 Å². The van der Waals surface area contributed by atoms with Gasteiger partial charge >= 0.3 is 5.97 Å². The molecule has 2 amide bonds. The van der Waals surface area contributed by atoms with E-state index in [2.05, 4.69) is 5.32 Å². The predicted octanol–water partition coefficient (Wildman–Crippen LogP) is 1.83. The fourth-order valence-corrected chi connectivity index (χ4v) is 2.58. The van der Waals surface area contributed by atoms with Crippen molar-refractivity contribution in [1.82, 2.24) is 4.90 Å². The van der Waals surface area contributed by atoms with Crippen LogP contribution >= 0.6 is 0 Å². The Morgan fingerprint density at radius 1 is 1.12 bits per heavy atom. The summed E-state index contributed by atoms with van der Waals surface area (Å²) in [5, 5.41) is 2.71. The Kier molecular flexibility index (Phi) is 7.40. The lowest BCUT2D eigenvalue weighted by Gasteiger charge is -2.15. The first-order chi connectivity index (χ1) is 12.1. The number of amides is 2. The van der Waals surface area contributed by atoms with Gasteiger partial charge in [0.2, 0.25) is 5.91 Å². The number of rotatable bonds is 8. The average Bonchev–Trinajstić information content (AvgIpc) is 3.14. The second-order valence-corrected chi connectivity index (χ2v) is 5.84. The summed E-state index contributed by atoms with van der Waals surface area (Å²) < 4.78 is 9.67. The Bertz CT molecular complexity index is 611. The quantitative estimate of drug-likeness (QED) is 0.572. The molecular weight excluding hydrogens is 324 g/mol. The molecule has 1 N–H and O–H groups in total. The monoisotopic (exact) mass is 348 g/mol. The predicted molar refractivity (Wildman–Crippen MR) is 92.3 cm³/mol. The first kappa shape index (κ1) is 18.9. The maximum absolute atomic E-state index is 12.4. The summed E-state index contributed by atoms with van der Waals surface area (Å²) in [5.41, 5.74) is 1.10. The molecule has 0 saturated carbocycles. The molecule has 2 rings (SSSR count). The van der Waals surface area contributed by atoms with Crippen LogP contribution in [-0.2, 0) is 19.1 Å². The van der Waals surface area contributed by atoms with Crippen molar-refractivity contribution in [3.63, 3.8) is 0 Å². The second kappa shape index (κ2) is 9.78. The Hall–Kier alpha value is -2.41. The highest BCUT2D eigenvalue weighted by Gasteiger charge is 2.19. The van der Waals surface area contributed by atoms with Crippen LogP contribution in [0.15, 0.2) is 24.3 Å². The SMILES string of the molecule is COCCOC(=O)CCC(=O)Nc1cccc(C(=O)N2CCCC2)c1. The molecule has 0 aromatic heterocycles. The number of nitrogens with one attached hydrogen (secondary N) is 1. The smallest absolute Gasteiger partial charge is 0.306 e. The lowest BCUT2D eigenvalue weighted by molar-refractivity contribution is -0.145. The van der Waals surface area contributed by atoms with Gasteiger partial charge in [0.25, 0.3) is 5.91 Å². The van der Waals surface area contributed by atoms with Crippen LogP contribution in [0.4, 0.5) is 5.69 Å². The Labute approximate surface area is 147 Å². The van der Waals surface area contributed by atoms with Crippen LogP contribution in [0, 0.1) is 0 Å². The lowest BCUT2D eigenvalue weighted by Crippen LogP contribution is -2.27. The number of benzene rings is 1. The number of anilines is 1. The van der Waals surface area contributed by atoms with E-state index in [0.717, 1.165) is 25.9 Å². The fourth-order valence-electron chi connectivity index (χ4n) is 2.58. The van der Waals surface area contributed by atoms with Crippen LogP contribution in [-0.4, -0.2) is 56.1 Å². The highest BCUT2D eigenvalue weighted by Crippen LogP contribution is 2.16. The number of carbonyl (C=O) groups is 3. The van der Waals surface area contributed by atoms with E-state index in [-0.39, 0.29) is 31.3 Å². The first-order valence-corrected chi connectivity index (χ1v) is 8.44. The molecule has 1 aliphatic rings. The highest BCUT2D eigenvalue weighted by atomic mass is 16.6. The normalized spacial score (nSPS) is 13.6. The number of carbonyl (C=O) groups excluding carboxylic acids is 3. The minimum atomic E-state index is -0.440. The molecule has 1 aliphatic heterocycles. The van der Waals surface area contributed by atoms with Gasteiger partial charge in [-0.3, -0.25) is 14.4 Å². The van der Waals surface area contributed by atoms with E-state index in [1.807, 2.05) is 4.90 Å². The minimum Gasteiger partial charge on any atom is -0.463 e. The summed E-state index contributed by atoms with van der Waals surface area (Å²) in [6, 6.07) is 6.85. The Balaban J connectivity index is 1.81. The molecule has 25 heavy (non-hydrogen) atoms. The topological polar surface area (TPSA) is 84.9 Å². The molecule has 7 heteroatoms. The van der Waals surface area contributed by atoms with Gasteiger partial charge < -0.3 is 19.7 Å². The van der Waals surface area contributed by atoms with Gasteiger partial charge in [-0.1, -0.05) is 6.07 Å². The molecule has 0 aliphatic carbocycles. The number of hydrogen-bond donors (Lipinski definition) is 1. The maximum Gasteiger partial charge on any atom is 0.306 e. The summed E-state index contributed by atoms with van der Waals surface area (Å²) in [5.74, 6) is -0.755. The molecule has 1 fully saturated rings. The Morgan fingerprint density at radius 3 is 2.60 bits per heavy atom. The zero-order valence-corrected chi connectivity index (χ0v) is 14.5. The van der Waals surface area contributed by atoms with E-state index in [1.54, 1.807) is 24.3 Å². The number of methoxy groups -OCH3 is 1. The van der Waals surface area contributed by atoms with Crippen molar-refractivity contribution in [2.24, 2.45) is 0 Å². The molecule has 136 valence electrons. The van der Waals surface area contributed by atoms with Gasteiger partial charge in [-0.15, -0.1) is 0 Å². The van der Waals surface area contributed by atoms with E-state index in [4.69, 9.17) is 9.47 Å². The summed E-state index contributed by atoms with van der Waals surface area (Å²) in [6.07, 6.45) is 2.09. The third kappa shape index (κ3) is 6.19. The van der Waals surface area contributed by atoms with Crippen molar-refractivity contribution < 1.29 is 23.9 Å². The van der Waals surface area contributed by atoms with E-state index in [1.165, 1.54) is 7.11 Å². The van der Waals surface area contributed by atoms with E-state index >= 15 is 0 Å². The summed E-state index contributed by atoms with van der Waals surface area (Å²) in [6.45, 7) is 2.06. The van der Waals surface area contributed by atoms with Gasteiger partial charge in [0.1, 0.15) is 6.61 Å². The molecule has 1 aromatic rings. The zero-order chi connectivity index (χ0) is 18.1. The second-order valence-electron chi connectivity index (χ2n) is 5.84. The Morgan fingerprint density at radius 2 is 1.88 bits per heavy atom. The van der Waals surface area contributed by atoms with Crippen molar-refractivity contribution in [1.29, 1.82) is 0 Å². The largest absolute Gasteiger partial charge is 0.463 e. The molecular formula is C18H24N2O5. The highest BCUT2D eigenvalue weighted by molar-refractivity contribution is 5.97. The van der Waals surface area contributed by atoms with Crippen molar-refractivity contribution >= 4 is 23.5 Å². The fraction of sp³-hybridized carbons (Fsp3) is 0.500. The number of nitrogens with zero attached hydrogens (tertiary/aromatic N) is 1. The third-order valence-corrected chi connectivity index (χ3v) is 3.89. The van der Waals surface area contributed by atoms with Gasteiger partial charge in [0, 0.05) is 37.9 Å². The van der Waals surface area contributed by atoms with E-state index in [0.29, 0.717) is 17.9 Å². The third-order valence-electron chi connectivity index (χ3n) is 3.89. The van der Waals surface area contributed by atoms with E-state index in [9.17, 15) is 14.4 Å². The van der Waals surface area contributed by atoms with Crippen LogP contribution in [0.5, 0.6) is 0 Å². The van der Waals surface area contributed by atoms with Gasteiger partial charge in [-0.25, -0.2) is 0 Å². The molecule has 1 saturated heterocycles. The van der Waals surface area contributed by atoms with Crippen molar-refractivity contribution in [2.45, 2.75) is 25.7 Å². The van der Waals surface area contributed by atoms with Crippen LogP contribution < -0.4 is 5.32 Å². The summed E-state index contributed by atoms with van der Waals surface area (Å²) in [4.78, 5) is 37.6. The van der Waals surface area contributed by atoms with Crippen molar-refractivity contribution in [3.05, 3.63) is 29.8 Å². The van der Waals surface area contributed by atoms with Gasteiger partial charge in [0.05, 0.1) is 13.0 Å². The van der Waals surface area contributed by atoms with Crippen molar-refractivity contribution in [3.8, 4) is 0 Å². The zero-order valence-electron chi connectivity index (χ0n) is 14.5. The number of hydrogen-bond acceptors (Lipinski definition) is 5. The number of likely N-dealkylation sites (tertiary alicyclic amines) is 1. The maximum atomic E-state index is 12.4. The van der Waals surface area contributed by atoms with Gasteiger partial charge in [-0.05, 0) is 31.0 Å². The minimum absolute atomic E-state index is 0.00193. The number of ether oxygens (including phenoxy) is 2. The molecule has 1 aromatic carbocycles. The molecule has 1 heterocycles. The van der Waals surface area contributed by atoms with Crippen LogP contribution in [0.1, 0.15) is 36.0 Å². The van der Waals surface area contributed by atoms with Gasteiger partial charge in [-0.2, -0.15) is 0 Å². The van der Waals surface area contributed by atoms with Crippen molar-refractivity contribution in [2.75, 3.05) is 38.7 Å².